The second kappa shape index (κ2) is 3.47. The zero-order valence-corrected chi connectivity index (χ0v) is 8.18. The Balaban J connectivity index is 2.06. The summed E-state index contributed by atoms with van der Waals surface area (Å²) in [6.45, 7) is 0.948. The van der Waals surface area contributed by atoms with E-state index in [-0.39, 0.29) is 6.04 Å². The average Bonchev–Trinajstić information content (AvgIpc) is 2.82. The summed E-state index contributed by atoms with van der Waals surface area (Å²) in [5.74, 6) is 0.641. The summed E-state index contributed by atoms with van der Waals surface area (Å²) in [5, 5.41) is 11.1. The molecule has 0 aliphatic carbocycles. The van der Waals surface area contributed by atoms with E-state index in [2.05, 4.69) is 33.7 Å². The lowest BCUT2D eigenvalue weighted by atomic mass is 9.94. The molecule has 0 amide bonds. The smallest absolute Gasteiger partial charge is 0.237 e. The minimum absolute atomic E-state index is 0.0532. The molecule has 2 heterocycles. The molecule has 1 aromatic carbocycles. The Bertz CT molecular complexity index is 453. The van der Waals surface area contributed by atoms with Crippen LogP contribution in [0.25, 0.3) is 0 Å². The standard InChI is InChI=1S/C11H11N3O/c1-2-4-9-8(3-1)5-6-12-10(9)11-14-13-7-15-11/h1-4,7,10,12H,5-6H2. The van der Waals surface area contributed by atoms with Crippen LogP contribution in [0.3, 0.4) is 0 Å². The Morgan fingerprint density at radius 3 is 3.13 bits per heavy atom. The van der Waals surface area contributed by atoms with Gasteiger partial charge in [-0.05, 0) is 17.5 Å². The Kier molecular flexibility index (Phi) is 1.99. The van der Waals surface area contributed by atoms with Crippen molar-refractivity contribution < 1.29 is 4.42 Å². The van der Waals surface area contributed by atoms with Crippen molar-refractivity contribution in [3.8, 4) is 0 Å². The first-order valence-electron chi connectivity index (χ1n) is 5.02. The van der Waals surface area contributed by atoms with Crippen LogP contribution in [0.4, 0.5) is 0 Å². The molecule has 0 spiro atoms. The van der Waals surface area contributed by atoms with Gasteiger partial charge >= 0.3 is 0 Å². The number of nitrogens with zero attached hydrogens (tertiary/aromatic N) is 2. The monoisotopic (exact) mass is 201 g/mol. The highest BCUT2D eigenvalue weighted by molar-refractivity contribution is 5.35. The Hall–Kier alpha value is -1.68. The van der Waals surface area contributed by atoms with Crippen LogP contribution >= 0.6 is 0 Å². The molecule has 1 atom stereocenters. The van der Waals surface area contributed by atoms with Crippen molar-refractivity contribution in [3.63, 3.8) is 0 Å². The summed E-state index contributed by atoms with van der Waals surface area (Å²) in [5.41, 5.74) is 2.60. The van der Waals surface area contributed by atoms with Gasteiger partial charge in [-0.1, -0.05) is 24.3 Å². The van der Waals surface area contributed by atoms with Gasteiger partial charge in [0.25, 0.3) is 0 Å². The molecule has 15 heavy (non-hydrogen) atoms. The van der Waals surface area contributed by atoms with Gasteiger partial charge in [0.2, 0.25) is 12.3 Å². The molecule has 1 N–H and O–H groups in total. The molecule has 0 saturated heterocycles. The normalized spacial score (nSPS) is 19.9. The number of fused-ring (bicyclic) bond motifs is 1. The maximum atomic E-state index is 5.25. The molecule has 2 aromatic rings. The fourth-order valence-corrected chi connectivity index (χ4v) is 2.03. The van der Waals surface area contributed by atoms with Crippen LogP contribution < -0.4 is 5.32 Å². The number of rotatable bonds is 1. The lowest BCUT2D eigenvalue weighted by Gasteiger charge is -2.23. The summed E-state index contributed by atoms with van der Waals surface area (Å²) >= 11 is 0. The van der Waals surface area contributed by atoms with Crippen molar-refractivity contribution >= 4 is 0 Å². The molecule has 3 rings (SSSR count). The molecular formula is C11H11N3O. The maximum absolute atomic E-state index is 5.25. The summed E-state index contributed by atoms with van der Waals surface area (Å²) in [6, 6.07) is 8.41. The average molecular weight is 201 g/mol. The minimum atomic E-state index is 0.0532. The van der Waals surface area contributed by atoms with Crippen molar-refractivity contribution in [2.24, 2.45) is 0 Å². The van der Waals surface area contributed by atoms with E-state index in [0.717, 1.165) is 13.0 Å². The van der Waals surface area contributed by atoms with E-state index < -0.39 is 0 Å². The van der Waals surface area contributed by atoms with E-state index in [4.69, 9.17) is 4.42 Å². The first-order valence-corrected chi connectivity index (χ1v) is 5.02. The predicted molar refractivity (Wildman–Crippen MR) is 54.3 cm³/mol. The molecule has 0 saturated carbocycles. The maximum Gasteiger partial charge on any atom is 0.237 e. The van der Waals surface area contributed by atoms with Gasteiger partial charge in [-0.25, -0.2) is 0 Å². The van der Waals surface area contributed by atoms with Crippen molar-refractivity contribution in [1.82, 2.24) is 15.5 Å². The highest BCUT2D eigenvalue weighted by Gasteiger charge is 2.24. The Labute approximate surface area is 87.3 Å². The molecule has 0 bridgehead atoms. The number of hydrogen-bond acceptors (Lipinski definition) is 4. The highest BCUT2D eigenvalue weighted by atomic mass is 16.4. The summed E-state index contributed by atoms with van der Waals surface area (Å²) in [7, 11) is 0. The summed E-state index contributed by atoms with van der Waals surface area (Å²) in [6.07, 6.45) is 2.43. The van der Waals surface area contributed by atoms with E-state index in [9.17, 15) is 0 Å². The molecule has 76 valence electrons. The second-order valence-corrected chi connectivity index (χ2v) is 3.61. The molecule has 4 heteroatoms. The quantitative estimate of drug-likeness (QED) is 0.755. The van der Waals surface area contributed by atoms with Crippen LogP contribution in [0, 0.1) is 0 Å². The van der Waals surface area contributed by atoms with E-state index in [1.54, 1.807) is 0 Å². The predicted octanol–water partition coefficient (Wildman–Crippen LogP) is 1.30. The Morgan fingerprint density at radius 2 is 2.27 bits per heavy atom. The molecule has 1 aliphatic heterocycles. The van der Waals surface area contributed by atoms with Gasteiger partial charge in [-0.3, -0.25) is 0 Å². The van der Waals surface area contributed by atoms with Crippen LogP contribution in [0.2, 0.25) is 0 Å². The van der Waals surface area contributed by atoms with Crippen LogP contribution in [-0.4, -0.2) is 16.7 Å². The molecule has 1 aliphatic rings. The fourth-order valence-electron chi connectivity index (χ4n) is 2.03. The molecule has 0 fully saturated rings. The van der Waals surface area contributed by atoms with Crippen LogP contribution in [-0.2, 0) is 6.42 Å². The Morgan fingerprint density at radius 1 is 1.33 bits per heavy atom. The summed E-state index contributed by atoms with van der Waals surface area (Å²) in [4.78, 5) is 0. The number of benzene rings is 1. The second-order valence-electron chi connectivity index (χ2n) is 3.61. The van der Waals surface area contributed by atoms with E-state index >= 15 is 0 Å². The molecule has 1 unspecified atom stereocenters. The molecule has 0 radical (unpaired) electrons. The SMILES string of the molecule is c1ccc2c(c1)CCNC2c1nnco1. The molecule has 1 aromatic heterocycles. The van der Waals surface area contributed by atoms with E-state index in [0.29, 0.717) is 5.89 Å². The van der Waals surface area contributed by atoms with Crippen LogP contribution in [0.1, 0.15) is 23.1 Å². The van der Waals surface area contributed by atoms with Crippen LogP contribution in [0.15, 0.2) is 35.1 Å². The first kappa shape index (κ1) is 8.61. The third-order valence-corrected chi connectivity index (χ3v) is 2.73. The van der Waals surface area contributed by atoms with Crippen molar-refractivity contribution in [2.75, 3.05) is 6.54 Å². The first-order chi connectivity index (χ1) is 7.45. The lowest BCUT2D eigenvalue weighted by molar-refractivity contribution is 0.421. The van der Waals surface area contributed by atoms with Crippen molar-refractivity contribution in [1.29, 1.82) is 0 Å². The van der Waals surface area contributed by atoms with Gasteiger partial charge in [0.1, 0.15) is 6.04 Å². The van der Waals surface area contributed by atoms with Gasteiger partial charge in [0.15, 0.2) is 0 Å². The van der Waals surface area contributed by atoms with Gasteiger partial charge in [0.05, 0.1) is 0 Å². The van der Waals surface area contributed by atoms with Gasteiger partial charge in [-0.2, -0.15) is 0 Å². The molecule has 4 nitrogen and oxygen atoms in total. The zero-order chi connectivity index (χ0) is 10.1. The van der Waals surface area contributed by atoms with E-state index in [1.807, 2.05) is 6.07 Å². The van der Waals surface area contributed by atoms with Crippen LogP contribution in [0.5, 0.6) is 0 Å². The topological polar surface area (TPSA) is 51.0 Å². The number of hydrogen-bond donors (Lipinski definition) is 1. The van der Waals surface area contributed by atoms with Gasteiger partial charge in [-0.15, -0.1) is 10.2 Å². The van der Waals surface area contributed by atoms with Gasteiger partial charge < -0.3 is 9.73 Å². The highest BCUT2D eigenvalue weighted by Crippen LogP contribution is 2.26. The lowest BCUT2D eigenvalue weighted by Crippen LogP contribution is -2.30. The van der Waals surface area contributed by atoms with Gasteiger partial charge in [0, 0.05) is 6.54 Å². The minimum Gasteiger partial charge on any atom is -0.426 e. The third kappa shape index (κ3) is 1.43. The van der Waals surface area contributed by atoms with E-state index in [1.165, 1.54) is 17.5 Å². The summed E-state index contributed by atoms with van der Waals surface area (Å²) < 4.78 is 5.25. The van der Waals surface area contributed by atoms with Crippen molar-refractivity contribution in [3.05, 3.63) is 47.7 Å². The molecular weight excluding hydrogens is 190 g/mol. The number of nitrogens with one attached hydrogen (secondary N) is 1. The fraction of sp³-hybridized carbons (Fsp3) is 0.273. The number of aromatic nitrogens is 2. The van der Waals surface area contributed by atoms with Crippen molar-refractivity contribution in [2.45, 2.75) is 12.5 Å². The largest absolute Gasteiger partial charge is 0.426 e. The third-order valence-electron chi connectivity index (χ3n) is 2.73. The zero-order valence-electron chi connectivity index (χ0n) is 8.18.